The first-order valence-corrected chi connectivity index (χ1v) is 12.2. The summed E-state index contributed by atoms with van der Waals surface area (Å²) in [5, 5.41) is 0. The van der Waals surface area contributed by atoms with Gasteiger partial charge >= 0.3 is 0 Å². The van der Waals surface area contributed by atoms with Crippen molar-refractivity contribution in [1.29, 1.82) is 0 Å². The lowest BCUT2D eigenvalue weighted by Gasteiger charge is -2.18. The Morgan fingerprint density at radius 1 is 0.758 bits per heavy atom. The van der Waals surface area contributed by atoms with Gasteiger partial charge in [0.2, 0.25) is 15.9 Å². The number of amides is 2. The van der Waals surface area contributed by atoms with E-state index in [2.05, 4.69) is 10.9 Å². The van der Waals surface area contributed by atoms with Crippen molar-refractivity contribution in [3.05, 3.63) is 102 Å². The van der Waals surface area contributed by atoms with E-state index in [0.29, 0.717) is 13.1 Å². The zero-order valence-corrected chi connectivity index (χ0v) is 18.8. The first-order valence-electron chi connectivity index (χ1n) is 10.8. The molecular formula is C25H25N3O4S. The molecule has 7 nitrogen and oxygen atoms in total. The van der Waals surface area contributed by atoms with Crippen LogP contribution in [0.25, 0.3) is 0 Å². The summed E-state index contributed by atoms with van der Waals surface area (Å²) in [6.07, 6.45) is 1.66. The molecule has 1 fully saturated rings. The first-order chi connectivity index (χ1) is 16.0. The average molecular weight is 464 g/mol. The van der Waals surface area contributed by atoms with E-state index in [1.165, 1.54) is 28.6 Å². The van der Waals surface area contributed by atoms with Gasteiger partial charge in [0.1, 0.15) is 0 Å². The van der Waals surface area contributed by atoms with Crippen molar-refractivity contribution >= 4 is 21.8 Å². The molecule has 0 unspecified atom stereocenters. The molecule has 0 spiro atoms. The van der Waals surface area contributed by atoms with Crippen molar-refractivity contribution in [2.75, 3.05) is 13.1 Å². The number of nitrogens with zero attached hydrogens (tertiary/aromatic N) is 1. The summed E-state index contributed by atoms with van der Waals surface area (Å²) in [4.78, 5) is 25.8. The third-order valence-corrected chi connectivity index (χ3v) is 7.52. The van der Waals surface area contributed by atoms with Crippen LogP contribution in [0.1, 0.15) is 40.2 Å². The Kier molecular flexibility index (Phi) is 6.86. The van der Waals surface area contributed by atoms with Gasteiger partial charge in [-0.05, 0) is 42.2 Å². The number of sulfonamides is 1. The second-order valence-corrected chi connectivity index (χ2v) is 9.77. The molecule has 0 saturated carbocycles. The topological polar surface area (TPSA) is 95.6 Å². The molecule has 0 radical (unpaired) electrons. The molecule has 33 heavy (non-hydrogen) atoms. The van der Waals surface area contributed by atoms with Gasteiger partial charge in [-0.1, -0.05) is 66.7 Å². The van der Waals surface area contributed by atoms with Gasteiger partial charge in [-0.3, -0.25) is 20.4 Å². The molecule has 1 aliphatic rings. The third kappa shape index (κ3) is 5.13. The van der Waals surface area contributed by atoms with Crippen LogP contribution in [-0.4, -0.2) is 37.6 Å². The number of carbonyl (C=O) groups excluding carboxylic acids is 2. The lowest BCUT2D eigenvalue weighted by atomic mass is 9.91. The van der Waals surface area contributed by atoms with Crippen LogP contribution in [-0.2, 0) is 14.8 Å². The van der Waals surface area contributed by atoms with Crippen LogP contribution >= 0.6 is 0 Å². The van der Waals surface area contributed by atoms with Crippen molar-refractivity contribution in [3.63, 3.8) is 0 Å². The number of hydrogen-bond acceptors (Lipinski definition) is 4. The van der Waals surface area contributed by atoms with Gasteiger partial charge in [-0.2, -0.15) is 4.31 Å². The van der Waals surface area contributed by atoms with Gasteiger partial charge < -0.3 is 0 Å². The maximum atomic E-state index is 13.1. The van der Waals surface area contributed by atoms with E-state index in [4.69, 9.17) is 0 Å². The molecular weight excluding hydrogens is 438 g/mol. The van der Waals surface area contributed by atoms with E-state index in [0.717, 1.165) is 24.0 Å². The van der Waals surface area contributed by atoms with Crippen molar-refractivity contribution in [2.45, 2.75) is 23.7 Å². The molecule has 0 aromatic heterocycles. The molecule has 1 aliphatic heterocycles. The van der Waals surface area contributed by atoms with Gasteiger partial charge in [0.15, 0.2) is 0 Å². The van der Waals surface area contributed by atoms with Crippen LogP contribution in [0.5, 0.6) is 0 Å². The highest BCUT2D eigenvalue weighted by Crippen LogP contribution is 2.25. The predicted octanol–water partition coefficient (Wildman–Crippen LogP) is 3.06. The van der Waals surface area contributed by atoms with E-state index in [9.17, 15) is 18.0 Å². The summed E-state index contributed by atoms with van der Waals surface area (Å²) in [7, 11) is -3.65. The standard InChI is InChI=1S/C25H25N3O4S/c29-24(21-14-9-15-22(18-21)33(31,32)28-16-7-8-17-28)26-27-25(30)23(19-10-3-1-4-11-19)20-12-5-2-6-13-20/h1-6,9-15,18,23H,7-8,16-17H2,(H,26,29)(H,27,30). The van der Waals surface area contributed by atoms with E-state index in [1.807, 2.05) is 60.7 Å². The number of nitrogens with one attached hydrogen (secondary N) is 2. The highest BCUT2D eigenvalue weighted by atomic mass is 32.2. The lowest BCUT2D eigenvalue weighted by molar-refractivity contribution is -0.122. The smallest absolute Gasteiger partial charge is 0.269 e. The quantitative estimate of drug-likeness (QED) is 0.549. The van der Waals surface area contributed by atoms with Gasteiger partial charge in [0.25, 0.3) is 5.91 Å². The number of benzene rings is 3. The van der Waals surface area contributed by atoms with E-state index in [-0.39, 0.29) is 10.5 Å². The number of hydrogen-bond donors (Lipinski definition) is 2. The minimum atomic E-state index is -3.65. The third-order valence-electron chi connectivity index (χ3n) is 5.63. The molecule has 8 heteroatoms. The Morgan fingerprint density at radius 3 is 1.91 bits per heavy atom. The molecule has 1 heterocycles. The maximum Gasteiger partial charge on any atom is 0.269 e. The monoisotopic (exact) mass is 463 g/mol. The normalized spacial score (nSPS) is 14.2. The summed E-state index contributed by atoms with van der Waals surface area (Å²) < 4.78 is 27.0. The highest BCUT2D eigenvalue weighted by molar-refractivity contribution is 7.89. The zero-order chi connectivity index (χ0) is 23.3. The van der Waals surface area contributed by atoms with Crippen LogP contribution in [0.3, 0.4) is 0 Å². The summed E-state index contributed by atoms with van der Waals surface area (Å²) in [6, 6.07) is 24.4. The molecule has 2 N–H and O–H groups in total. The minimum absolute atomic E-state index is 0.0647. The van der Waals surface area contributed by atoms with Crippen molar-refractivity contribution in [2.24, 2.45) is 0 Å². The van der Waals surface area contributed by atoms with Crippen LogP contribution in [0, 0.1) is 0 Å². The van der Waals surface area contributed by atoms with Crippen molar-refractivity contribution in [1.82, 2.24) is 15.2 Å². The number of rotatable bonds is 6. The van der Waals surface area contributed by atoms with Gasteiger partial charge in [-0.25, -0.2) is 8.42 Å². The highest BCUT2D eigenvalue weighted by Gasteiger charge is 2.28. The average Bonchev–Trinajstić information content (AvgIpc) is 3.40. The summed E-state index contributed by atoms with van der Waals surface area (Å²) in [6.45, 7) is 0.963. The zero-order valence-electron chi connectivity index (χ0n) is 18.0. The lowest BCUT2D eigenvalue weighted by Crippen LogP contribution is -2.44. The van der Waals surface area contributed by atoms with Crippen LogP contribution in [0.15, 0.2) is 89.8 Å². The Hall–Kier alpha value is -3.49. The SMILES string of the molecule is O=C(NNC(=O)C(c1ccccc1)c1ccccc1)c1cccc(S(=O)(=O)N2CCCC2)c1. The number of carbonyl (C=O) groups is 2. The van der Waals surface area contributed by atoms with E-state index in [1.54, 1.807) is 0 Å². The molecule has 3 aromatic carbocycles. The Bertz CT molecular complexity index is 1190. The van der Waals surface area contributed by atoms with Gasteiger partial charge in [0, 0.05) is 18.7 Å². The largest absolute Gasteiger partial charge is 0.272 e. The first kappa shape index (κ1) is 22.7. The Labute approximate surface area is 193 Å². The van der Waals surface area contributed by atoms with E-state index >= 15 is 0 Å². The maximum absolute atomic E-state index is 13.1. The van der Waals surface area contributed by atoms with Crippen LogP contribution < -0.4 is 10.9 Å². The van der Waals surface area contributed by atoms with Crippen molar-refractivity contribution in [3.8, 4) is 0 Å². The molecule has 0 atom stereocenters. The summed E-state index contributed by atoms with van der Waals surface area (Å²) in [5.74, 6) is -1.61. The predicted molar refractivity (Wildman–Crippen MR) is 125 cm³/mol. The van der Waals surface area contributed by atoms with Crippen LogP contribution in [0.4, 0.5) is 0 Å². The molecule has 1 saturated heterocycles. The van der Waals surface area contributed by atoms with Gasteiger partial charge in [0.05, 0.1) is 10.8 Å². The molecule has 3 aromatic rings. The summed E-state index contributed by atoms with van der Waals surface area (Å²) in [5.41, 5.74) is 6.63. The fraction of sp³-hybridized carbons (Fsp3) is 0.200. The van der Waals surface area contributed by atoms with E-state index < -0.39 is 27.8 Å². The molecule has 2 amide bonds. The minimum Gasteiger partial charge on any atom is -0.272 e. The van der Waals surface area contributed by atoms with Crippen LogP contribution in [0.2, 0.25) is 0 Å². The fourth-order valence-electron chi connectivity index (χ4n) is 3.92. The second kappa shape index (κ2) is 9.97. The Balaban J connectivity index is 1.49. The second-order valence-electron chi connectivity index (χ2n) is 7.84. The fourth-order valence-corrected chi connectivity index (χ4v) is 5.49. The van der Waals surface area contributed by atoms with Gasteiger partial charge in [-0.15, -0.1) is 0 Å². The summed E-state index contributed by atoms with van der Waals surface area (Å²) >= 11 is 0. The molecule has 170 valence electrons. The molecule has 0 bridgehead atoms. The molecule has 4 rings (SSSR count). The number of hydrazine groups is 1. The van der Waals surface area contributed by atoms with Crippen molar-refractivity contribution < 1.29 is 18.0 Å². The molecule has 0 aliphatic carbocycles. The Morgan fingerprint density at radius 2 is 1.33 bits per heavy atom.